The predicted octanol–water partition coefficient (Wildman–Crippen LogP) is 1.95. The number of benzene rings is 1. The second-order valence-electron chi connectivity index (χ2n) is 4.01. The number of nitriles is 1. The molecule has 0 saturated heterocycles. The van der Waals surface area contributed by atoms with E-state index in [9.17, 15) is 0 Å². The van der Waals surface area contributed by atoms with Crippen LogP contribution in [0.4, 0.5) is 0 Å². The SMILES string of the molecule is Cc1nccc(CNCc2ccc(C#N)cc2)n1. The van der Waals surface area contributed by atoms with Crippen molar-refractivity contribution in [3.63, 3.8) is 0 Å². The van der Waals surface area contributed by atoms with Gasteiger partial charge in [0.05, 0.1) is 17.3 Å². The first kappa shape index (κ1) is 12.2. The van der Waals surface area contributed by atoms with Crippen LogP contribution in [0.2, 0.25) is 0 Å². The molecular weight excluding hydrogens is 224 g/mol. The molecule has 0 saturated carbocycles. The van der Waals surface area contributed by atoms with Crippen molar-refractivity contribution in [2.75, 3.05) is 0 Å². The summed E-state index contributed by atoms with van der Waals surface area (Å²) in [5, 5.41) is 12.0. The topological polar surface area (TPSA) is 61.6 Å². The van der Waals surface area contributed by atoms with Crippen molar-refractivity contribution in [2.45, 2.75) is 20.0 Å². The molecule has 0 spiro atoms. The van der Waals surface area contributed by atoms with Gasteiger partial charge in [-0.1, -0.05) is 12.1 Å². The van der Waals surface area contributed by atoms with Crippen LogP contribution in [0.5, 0.6) is 0 Å². The zero-order valence-corrected chi connectivity index (χ0v) is 10.2. The fourth-order valence-electron chi connectivity index (χ4n) is 1.64. The summed E-state index contributed by atoms with van der Waals surface area (Å²) < 4.78 is 0. The van der Waals surface area contributed by atoms with Gasteiger partial charge in [0.15, 0.2) is 0 Å². The minimum Gasteiger partial charge on any atom is -0.307 e. The van der Waals surface area contributed by atoms with E-state index in [0.717, 1.165) is 23.6 Å². The molecule has 1 heterocycles. The first-order valence-corrected chi connectivity index (χ1v) is 5.76. The van der Waals surface area contributed by atoms with Crippen LogP contribution in [0.25, 0.3) is 0 Å². The maximum absolute atomic E-state index is 8.70. The predicted molar refractivity (Wildman–Crippen MR) is 68.5 cm³/mol. The molecule has 0 radical (unpaired) electrons. The van der Waals surface area contributed by atoms with E-state index in [4.69, 9.17) is 5.26 Å². The van der Waals surface area contributed by atoms with Crippen LogP contribution in [0.1, 0.15) is 22.6 Å². The third-order valence-corrected chi connectivity index (χ3v) is 2.55. The molecule has 4 heteroatoms. The molecule has 1 aromatic carbocycles. The lowest BCUT2D eigenvalue weighted by Crippen LogP contribution is -2.14. The van der Waals surface area contributed by atoms with Gasteiger partial charge in [-0.15, -0.1) is 0 Å². The third kappa shape index (κ3) is 3.37. The van der Waals surface area contributed by atoms with E-state index in [1.54, 1.807) is 6.20 Å². The lowest BCUT2D eigenvalue weighted by molar-refractivity contribution is 0.675. The number of aryl methyl sites for hydroxylation is 1. The smallest absolute Gasteiger partial charge is 0.125 e. The summed E-state index contributed by atoms with van der Waals surface area (Å²) in [6.07, 6.45) is 1.76. The van der Waals surface area contributed by atoms with Crippen LogP contribution >= 0.6 is 0 Å². The van der Waals surface area contributed by atoms with Gasteiger partial charge in [0.1, 0.15) is 5.82 Å². The lowest BCUT2D eigenvalue weighted by Gasteiger charge is -2.05. The molecule has 0 unspecified atom stereocenters. The highest BCUT2D eigenvalue weighted by molar-refractivity contribution is 5.31. The summed E-state index contributed by atoms with van der Waals surface area (Å²) in [5.41, 5.74) is 2.82. The molecule has 0 atom stereocenters. The number of nitrogens with one attached hydrogen (secondary N) is 1. The zero-order valence-electron chi connectivity index (χ0n) is 10.2. The molecule has 0 amide bonds. The number of nitrogens with zero attached hydrogens (tertiary/aromatic N) is 3. The molecule has 0 aliphatic heterocycles. The summed E-state index contributed by atoms with van der Waals surface area (Å²) in [6.45, 7) is 3.35. The fourth-order valence-corrected chi connectivity index (χ4v) is 1.64. The van der Waals surface area contributed by atoms with Crippen molar-refractivity contribution in [3.05, 3.63) is 59.2 Å². The van der Waals surface area contributed by atoms with E-state index >= 15 is 0 Å². The van der Waals surface area contributed by atoms with E-state index in [0.29, 0.717) is 12.1 Å². The normalized spacial score (nSPS) is 10.0. The van der Waals surface area contributed by atoms with Gasteiger partial charge in [-0.05, 0) is 30.7 Å². The van der Waals surface area contributed by atoms with Gasteiger partial charge in [0.25, 0.3) is 0 Å². The van der Waals surface area contributed by atoms with Crippen LogP contribution in [-0.2, 0) is 13.1 Å². The highest BCUT2D eigenvalue weighted by atomic mass is 14.9. The van der Waals surface area contributed by atoms with Crippen molar-refractivity contribution in [1.82, 2.24) is 15.3 Å². The monoisotopic (exact) mass is 238 g/mol. The maximum atomic E-state index is 8.70. The Balaban J connectivity index is 1.86. The highest BCUT2D eigenvalue weighted by Crippen LogP contribution is 2.03. The Labute approximate surface area is 106 Å². The third-order valence-electron chi connectivity index (χ3n) is 2.55. The van der Waals surface area contributed by atoms with Gasteiger partial charge in [-0.3, -0.25) is 0 Å². The van der Waals surface area contributed by atoms with Crippen LogP contribution < -0.4 is 5.32 Å². The molecule has 4 nitrogen and oxygen atoms in total. The Morgan fingerprint density at radius 3 is 2.61 bits per heavy atom. The van der Waals surface area contributed by atoms with Crippen molar-refractivity contribution in [3.8, 4) is 6.07 Å². The van der Waals surface area contributed by atoms with Crippen molar-refractivity contribution in [1.29, 1.82) is 5.26 Å². The van der Waals surface area contributed by atoms with Gasteiger partial charge in [0, 0.05) is 19.3 Å². The molecule has 18 heavy (non-hydrogen) atoms. The molecule has 1 N–H and O–H groups in total. The lowest BCUT2D eigenvalue weighted by atomic mass is 10.1. The zero-order chi connectivity index (χ0) is 12.8. The van der Waals surface area contributed by atoms with Gasteiger partial charge in [-0.25, -0.2) is 9.97 Å². The van der Waals surface area contributed by atoms with Crippen LogP contribution in [0, 0.1) is 18.3 Å². The fraction of sp³-hybridized carbons (Fsp3) is 0.214. The Hall–Kier alpha value is -2.25. The molecule has 2 aromatic rings. The quantitative estimate of drug-likeness (QED) is 0.884. The number of hydrogen-bond acceptors (Lipinski definition) is 4. The number of hydrogen-bond donors (Lipinski definition) is 1. The summed E-state index contributed by atoms with van der Waals surface area (Å²) in [5.74, 6) is 0.785. The first-order chi connectivity index (χ1) is 8.78. The minimum absolute atomic E-state index is 0.685. The summed E-state index contributed by atoms with van der Waals surface area (Å²) >= 11 is 0. The number of rotatable bonds is 4. The Morgan fingerprint density at radius 2 is 1.94 bits per heavy atom. The van der Waals surface area contributed by atoms with Gasteiger partial charge in [-0.2, -0.15) is 5.26 Å². The van der Waals surface area contributed by atoms with Crippen LogP contribution in [-0.4, -0.2) is 9.97 Å². The van der Waals surface area contributed by atoms with E-state index in [-0.39, 0.29) is 0 Å². The standard InChI is InChI=1S/C14H14N4/c1-11-17-7-6-14(18-11)10-16-9-13-4-2-12(8-15)3-5-13/h2-7,16H,9-10H2,1H3. The largest absolute Gasteiger partial charge is 0.307 e. The van der Waals surface area contributed by atoms with Crippen LogP contribution in [0.3, 0.4) is 0 Å². The van der Waals surface area contributed by atoms with E-state index < -0.39 is 0 Å². The first-order valence-electron chi connectivity index (χ1n) is 5.76. The average molecular weight is 238 g/mol. The molecule has 2 rings (SSSR count). The molecular formula is C14H14N4. The van der Waals surface area contributed by atoms with E-state index in [1.165, 1.54) is 0 Å². The Bertz CT molecular complexity index is 555. The van der Waals surface area contributed by atoms with Gasteiger partial charge < -0.3 is 5.32 Å². The summed E-state index contributed by atoms with van der Waals surface area (Å²) in [7, 11) is 0. The summed E-state index contributed by atoms with van der Waals surface area (Å²) in [6, 6.07) is 11.6. The van der Waals surface area contributed by atoms with E-state index in [2.05, 4.69) is 21.4 Å². The molecule has 0 aliphatic carbocycles. The second kappa shape index (κ2) is 5.89. The van der Waals surface area contributed by atoms with Crippen LogP contribution in [0.15, 0.2) is 36.5 Å². The van der Waals surface area contributed by atoms with Crippen molar-refractivity contribution < 1.29 is 0 Å². The van der Waals surface area contributed by atoms with E-state index in [1.807, 2.05) is 37.3 Å². The number of aromatic nitrogens is 2. The molecule has 0 bridgehead atoms. The second-order valence-corrected chi connectivity index (χ2v) is 4.01. The summed E-state index contributed by atoms with van der Waals surface area (Å²) in [4.78, 5) is 8.37. The van der Waals surface area contributed by atoms with Gasteiger partial charge in [0.2, 0.25) is 0 Å². The molecule has 90 valence electrons. The minimum atomic E-state index is 0.685. The molecule has 0 aliphatic rings. The molecule has 0 fully saturated rings. The molecule has 1 aromatic heterocycles. The maximum Gasteiger partial charge on any atom is 0.125 e. The van der Waals surface area contributed by atoms with Crippen molar-refractivity contribution in [2.24, 2.45) is 0 Å². The van der Waals surface area contributed by atoms with Crippen molar-refractivity contribution >= 4 is 0 Å². The van der Waals surface area contributed by atoms with Gasteiger partial charge >= 0.3 is 0 Å². The Kier molecular flexibility index (Phi) is 4.00. The average Bonchev–Trinajstić information content (AvgIpc) is 2.40. The Morgan fingerprint density at radius 1 is 1.17 bits per heavy atom. The highest BCUT2D eigenvalue weighted by Gasteiger charge is 1.97.